The predicted octanol–water partition coefficient (Wildman–Crippen LogP) is 2.91. The average molecular weight is 343 g/mol. The van der Waals surface area contributed by atoms with Crippen LogP contribution in [0.3, 0.4) is 0 Å². The van der Waals surface area contributed by atoms with Crippen LogP contribution in [0.2, 0.25) is 0 Å². The van der Waals surface area contributed by atoms with Gasteiger partial charge in [0.05, 0.1) is 16.4 Å². The van der Waals surface area contributed by atoms with Crippen molar-refractivity contribution in [1.82, 2.24) is 4.90 Å². The lowest BCUT2D eigenvalue weighted by Crippen LogP contribution is -2.38. The Morgan fingerprint density at radius 2 is 1.83 bits per heavy atom. The summed E-state index contributed by atoms with van der Waals surface area (Å²) in [5.74, 6) is -1.92. The molecule has 1 N–H and O–H groups in total. The van der Waals surface area contributed by atoms with Gasteiger partial charge >= 0.3 is 5.97 Å². The monoisotopic (exact) mass is 343 g/mol. The number of ketones is 1. The van der Waals surface area contributed by atoms with Crippen LogP contribution in [0.4, 0.5) is 0 Å². The summed E-state index contributed by atoms with van der Waals surface area (Å²) < 4.78 is 0. The number of thiophene rings is 1. The van der Waals surface area contributed by atoms with E-state index in [1.54, 1.807) is 48.2 Å². The Bertz CT molecular complexity index is 784. The van der Waals surface area contributed by atoms with Crippen LogP contribution in [0.25, 0.3) is 0 Å². The summed E-state index contributed by atoms with van der Waals surface area (Å²) in [6.45, 7) is 2.13. The smallest absolute Gasteiger partial charge is 0.308 e. The Labute approximate surface area is 143 Å². The maximum atomic E-state index is 12.9. The Kier molecular flexibility index (Phi) is 4.49. The molecule has 0 spiro atoms. The number of likely N-dealkylation sites (tertiary alicyclic amines) is 1. The lowest BCUT2D eigenvalue weighted by molar-refractivity contribution is -0.142. The number of hydrogen-bond donors (Lipinski definition) is 1. The number of carbonyl (C=O) groups excluding carboxylic acids is 2. The summed E-state index contributed by atoms with van der Waals surface area (Å²) in [5, 5.41) is 11.0. The minimum atomic E-state index is -0.888. The van der Waals surface area contributed by atoms with Crippen molar-refractivity contribution in [2.24, 2.45) is 5.92 Å². The number of rotatable bonds is 4. The van der Waals surface area contributed by atoms with Crippen molar-refractivity contribution >= 4 is 29.0 Å². The van der Waals surface area contributed by atoms with Gasteiger partial charge in [0.25, 0.3) is 5.91 Å². The van der Waals surface area contributed by atoms with Crippen molar-refractivity contribution < 1.29 is 19.5 Å². The molecule has 1 amide bonds. The summed E-state index contributed by atoms with van der Waals surface area (Å²) in [4.78, 5) is 38.9. The van der Waals surface area contributed by atoms with Crippen molar-refractivity contribution in [2.45, 2.75) is 19.4 Å². The number of hydrogen-bond acceptors (Lipinski definition) is 4. The van der Waals surface area contributed by atoms with E-state index in [1.807, 2.05) is 5.38 Å². The Balaban J connectivity index is 1.92. The van der Waals surface area contributed by atoms with Crippen LogP contribution < -0.4 is 0 Å². The highest BCUT2D eigenvalue weighted by molar-refractivity contribution is 7.12. The molecule has 1 aliphatic rings. The van der Waals surface area contributed by atoms with Crippen molar-refractivity contribution in [3.05, 3.63) is 57.8 Å². The summed E-state index contributed by atoms with van der Waals surface area (Å²) >= 11 is 1.33. The van der Waals surface area contributed by atoms with Crippen LogP contribution in [-0.4, -0.2) is 40.3 Å². The predicted molar refractivity (Wildman–Crippen MR) is 90.4 cm³/mol. The van der Waals surface area contributed by atoms with Crippen LogP contribution in [0.1, 0.15) is 38.9 Å². The SMILES string of the molecule is CC1C(C(=O)O)CCN1C(=O)c1ccccc1C(=O)c1cccs1. The Morgan fingerprint density at radius 1 is 1.12 bits per heavy atom. The van der Waals surface area contributed by atoms with Crippen molar-refractivity contribution in [3.8, 4) is 0 Å². The molecule has 6 heteroatoms. The fourth-order valence-corrected chi connectivity index (χ4v) is 3.80. The minimum absolute atomic E-state index is 0.185. The molecule has 2 aromatic rings. The van der Waals surface area contributed by atoms with Gasteiger partial charge in [0.15, 0.2) is 0 Å². The van der Waals surface area contributed by atoms with E-state index in [1.165, 1.54) is 11.3 Å². The van der Waals surface area contributed by atoms with Crippen LogP contribution in [0, 0.1) is 5.92 Å². The highest BCUT2D eigenvalue weighted by atomic mass is 32.1. The van der Waals surface area contributed by atoms with Gasteiger partial charge < -0.3 is 10.0 Å². The van der Waals surface area contributed by atoms with Gasteiger partial charge in [-0.25, -0.2) is 0 Å². The number of amides is 1. The van der Waals surface area contributed by atoms with Gasteiger partial charge in [0, 0.05) is 18.2 Å². The second-order valence-electron chi connectivity index (χ2n) is 5.82. The van der Waals surface area contributed by atoms with E-state index in [2.05, 4.69) is 0 Å². The standard InChI is InChI=1S/C18H17NO4S/c1-11-12(18(22)23)8-9-19(11)17(21)14-6-3-2-5-13(14)16(20)15-7-4-10-24-15/h2-7,10-12H,8-9H2,1H3,(H,22,23). The lowest BCUT2D eigenvalue weighted by Gasteiger charge is -2.24. The first-order chi connectivity index (χ1) is 11.5. The number of carboxylic acid groups (broad SMARTS) is 1. The number of benzene rings is 1. The van der Waals surface area contributed by atoms with E-state index in [-0.39, 0.29) is 17.7 Å². The molecule has 0 radical (unpaired) electrons. The van der Waals surface area contributed by atoms with Crippen LogP contribution >= 0.6 is 11.3 Å². The van der Waals surface area contributed by atoms with Gasteiger partial charge in [0.1, 0.15) is 0 Å². The molecule has 5 nitrogen and oxygen atoms in total. The molecule has 1 aliphatic heterocycles. The third kappa shape index (κ3) is 2.85. The highest BCUT2D eigenvalue weighted by Crippen LogP contribution is 2.27. The Morgan fingerprint density at radius 3 is 2.42 bits per heavy atom. The molecule has 3 rings (SSSR count). The van der Waals surface area contributed by atoms with E-state index in [0.717, 1.165) is 0 Å². The average Bonchev–Trinajstić information content (AvgIpc) is 3.23. The van der Waals surface area contributed by atoms with Gasteiger partial charge in [-0.3, -0.25) is 14.4 Å². The van der Waals surface area contributed by atoms with E-state index < -0.39 is 11.9 Å². The van der Waals surface area contributed by atoms with Gasteiger partial charge in [0.2, 0.25) is 5.78 Å². The van der Waals surface area contributed by atoms with Gasteiger partial charge in [-0.05, 0) is 30.9 Å². The molecule has 1 fully saturated rings. The molecule has 2 atom stereocenters. The third-order valence-corrected chi connectivity index (χ3v) is 5.35. The molecule has 124 valence electrons. The maximum absolute atomic E-state index is 12.9. The molecular weight excluding hydrogens is 326 g/mol. The van der Waals surface area contributed by atoms with Gasteiger partial charge in [-0.1, -0.05) is 24.3 Å². The van der Waals surface area contributed by atoms with Crippen LogP contribution in [0.5, 0.6) is 0 Å². The molecule has 0 bridgehead atoms. The first-order valence-corrected chi connectivity index (χ1v) is 8.59. The topological polar surface area (TPSA) is 74.7 Å². The summed E-state index contributed by atoms with van der Waals surface area (Å²) in [6.07, 6.45) is 0.434. The molecule has 1 aromatic carbocycles. The zero-order valence-electron chi connectivity index (χ0n) is 13.1. The molecule has 0 saturated carbocycles. The normalized spacial score (nSPS) is 20.1. The quantitative estimate of drug-likeness (QED) is 0.866. The molecule has 1 aromatic heterocycles. The highest BCUT2D eigenvalue weighted by Gasteiger charge is 2.39. The second kappa shape index (κ2) is 6.57. The van der Waals surface area contributed by atoms with Crippen LogP contribution in [0.15, 0.2) is 41.8 Å². The molecule has 1 saturated heterocycles. The van der Waals surface area contributed by atoms with E-state index in [9.17, 15) is 19.5 Å². The molecule has 24 heavy (non-hydrogen) atoms. The molecule has 2 unspecified atom stereocenters. The molecule has 2 heterocycles. The Hall–Kier alpha value is -2.47. The summed E-state index contributed by atoms with van der Waals surface area (Å²) in [7, 11) is 0. The number of carbonyl (C=O) groups is 3. The van der Waals surface area contributed by atoms with Gasteiger partial charge in [-0.2, -0.15) is 0 Å². The summed E-state index contributed by atoms with van der Waals surface area (Å²) in [5.41, 5.74) is 0.685. The van der Waals surface area contributed by atoms with E-state index in [0.29, 0.717) is 29.0 Å². The zero-order valence-corrected chi connectivity index (χ0v) is 14.0. The largest absolute Gasteiger partial charge is 0.481 e. The minimum Gasteiger partial charge on any atom is -0.481 e. The molecule has 0 aliphatic carbocycles. The van der Waals surface area contributed by atoms with Crippen LogP contribution in [-0.2, 0) is 4.79 Å². The summed E-state index contributed by atoms with van der Waals surface area (Å²) in [6, 6.07) is 9.85. The van der Waals surface area contributed by atoms with E-state index >= 15 is 0 Å². The first kappa shape index (κ1) is 16.4. The third-order valence-electron chi connectivity index (χ3n) is 4.48. The lowest BCUT2D eigenvalue weighted by atomic mass is 10.00. The van der Waals surface area contributed by atoms with Crippen molar-refractivity contribution in [1.29, 1.82) is 0 Å². The number of nitrogens with zero attached hydrogens (tertiary/aromatic N) is 1. The molecular formula is C18H17NO4S. The fourth-order valence-electron chi connectivity index (χ4n) is 3.12. The van der Waals surface area contributed by atoms with E-state index in [4.69, 9.17) is 0 Å². The first-order valence-electron chi connectivity index (χ1n) is 7.71. The second-order valence-corrected chi connectivity index (χ2v) is 6.77. The maximum Gasteiger partial charge on any atom is 0.308 e. The fraction of sp³-hybridized carbons (Fsp3) is 0.278. The zero-order chi connectivity index (χ0) is 17.3. The number of carboxylic acids is 1. The van der Waals surface area contributed by atoms with Gasteiger partial charge in [-0.15, -0.1) is 11.3 Å². The number of aliphatic carboxylic acids is 1. The van der Waals surface area contributed by atoms with Crippen molar-refractivity contribution in [3.63, 3.8) is 0 Å². The van der Waals surface area contributed by atoms with Crippen molar-refractivity contribution in [2.75, 3.05) is 6.54 Å².